The summed E-state index contributed by atoms with van der Waals surface area (Å²) in [6, 6.07) is 14.2. The molecule has 0 spiro atoms. The molecule has 0 saturated carbocycles. The first-order valence-electron chi connectivity index (χ1n) is 12.2. The highest BCUT2D eigenvalue weighted by Crippen LogP contribution is 2.36. The van der Waals surface area contributed by atoms with E-state index in [1.54, 1.807) is 36.4 Å². The molecule has 0 atom stereocenters. The Hall–Kier alpha value is -2.56. The van der Waals surface area contributed by atoms with Gasteiger partial charge < -0.3 is 28.5 Å². The highest BCUT2D eigenvalue weighted by atomic mass is 28.4. The largest absolute Gasteiger partial charge is 0.465 e. The minimum atomic E-state index is -1.69. The number of rotatable bonds is 12. The Bertz CT molecular complexity index is 934. The summed E-state index contributed by atoms with van der Waals surface area (Å²) in [6.45, 7) is 13.6. The van der Waals surface area contributed by atoms with Gasteiger partial charge in [0.05, 0.1) is 65.0 Å². The fourth-order valence-electron chi connectivity index (χ4n) is 2.73. The molecule has 0 fully saturated rings. The van der Waals surface area contributed by atoms with Gasteiger partial charge in [-0.1, -0.05) is 45.0 Å². The van der Waals surface area contributed by atoms with Crippen molar-refractivity contribution >= 4 is 20.3 Å². The summed E-state index contributed by atoms with van der Waals surface area (Å²) < 4.78 is 26.1. The molecule has 37 heavy (non-hydrogen) atoms. The lowest BCUT2D eigenvalue weighted by atomic mass is 10.1. The molecule has 0 bridgehead atoms. The SMILES string of the molecule is COC(=O)c1ccc(COCCO)cc1.COC(=O)c1ccc(COCCO[Si](C)(C)C(C)(C)C)cc1. The van der Waals surface area contributed by atoms with Gasteiger partial charge in [0.1, 0.15) is 0 Å². The highest BCUT2D eigenvalue weighted by Gasteiger charge is 2.36. The van der Waals surface area contributed by atoms with E-state index >= 15 is 0 Å². The van der Waals surface area contributed by atoms with E-state index in [9.17, 15) is 9.59 Å². The number of hydrogen-bond acceptors (Lipinski definition) is 8. The molecule has 0 aromatic heterocycles. The molecule has 0 radical (unpaired) electrons. The minimum absolute atomic E-state index is 0.0141. The fraction of sp³-hybridized carbons (Fsp3) is 0.500. The monoisotopic (exact) mass is 534 g/mol. The number of esters is 2. The number of ether oxygens (including phenoxy) is 4. The molecule has 0 aliphatic heterocycles. The molecule has 9 heteroatoms. The third kappa shape index (κ3) is 12.0. The first kappa shape index (κ1) is 32.5. The molecule has 1 N–H and O–H groups in total. The Morgan fingerprint density at radius 2 is 1.14 bits per heavy atom. The topological polar surface area (TPSA) is 101 Å². The highest BCUT2D eigenvalue weighted by molar-refractivity contribution is 6.74. The van der Waals surface area contributed by atoms with Gasteiger partial charge in [0.2, 0.25) is 0 Å². The molecule has 2 aromatic carbocycles. The summed E-state index contributed by atoms with van der Waals surface area (Å²) in [5.41, 5.74) is 3.05. The predicted octanol–water partition coefficient (Wildman–Crippen LogP) is 4.99. The van der Waals surface area contributed by atoms with E-state index < -0.39 is 8.32 Å². The molecule has 0 amide bonds. The van der Waals surface area contributed by atoms with Crippen molar-refractivity contribution in [3.05, 3.63) is 70.8 Å². The Morgan fingerprint density at radius 1 is 0.730 bits per heavy atom. The van der Waals surface area contributed by atoms with Crippen LogP contribution in [0.3, 0.4) is 0 Å². The molecular formula is C28H42O8Si. The van der Waals surface area contributed by atoms with Crippen LogP contribution in [0.4, 0.5) is 0 Å². The van der Waals surface area contributed by atoms with Crippen molar-refractivity contribution in [3.8, 4) is 0 Å². The quantitative estimate of drug-likeness (QED) is 0.231. The zero-order valence-electron chi connectivity index (χ0n) is 23.2. The Morgan fingerprint density at radius 3 is 1.49 bits per heavy atom. The van der Waals surface area contributed by atoms with E-state index in [4.69, 9.17) is 19.0 Å². The summed E-state index contributed by atoms with van der Waals surface area (Å²) in [7, 11) is 1.03. The van der Waals surface area contributed by atoms with Crippen LogP contribution in [0.25, 0.3) is 0 Å². The molecule has 0 saturated heterocycles. The Balaban J connectivity index is 0.000000397. The average molecular weight is 535 g/mol. The first-order valence-corrected chi connectivity index (χ1v) is 15.1. The van der Waals surface area contributed by atoms with Crippen LogP contribution >= 0.6 is 0 Å². The lowest BCUT2D eigenvalue weighted by molar-refractivity contribution is 0.0591. The van der Waals surface area contributed by atoms with Crippen molar-refractivity contribution in [2.75, 3.05) is 40.6 Å². The summed E-state index contributed by atoms with van der Waals surface area (Å²) >= 11 is 0. The van der Waals surface area contributed by atoms with Crippen LogP contribution in [0.2, 0.25) is 18.1 Å². The van der Waals surface area contributed by atoms with Gasteiger partial charge in [0.25, 0.3) is 0 Å². The lowest BCUT2D eigenvalue weighted by Crippen LogP contribution is -2.41. The smallest absolute Gasteiger partial charge is 0.337 e. The number of aliphatic hydroxyl groups is 1. The van der Waals surface area contributed by atoms with E-state index in [1.807, 2.05) is 12.1 Å². The average Bonchev–Trinajstić information content (AvgIpc) is 2.88. The van der Waals surface area contributed by atoms with E-state index in [-0.39, 0.29) is 23.6 Å². The number of hydrogen-bond donors (Lipinski definition) is 1. The van der Waals surface area contributed by atoms with Gasteiger partial charge in [-0.25, -0.2) is 9.59 Å². The second-order valence-electron chi connectivity index (χ2n) is 9.81. The standard InChI is InChI=1S/C17H28O4Si.C11H14O4/c1-17(2,3)22(5,6)21-12-11-20-13-14-7-9-15(10-8-14)16(18)19-4;1-14-11(13)10-4-2-9(3-5-10)8-15-7-6-12/h7-10H,11-13H2,1-6H3;2-5,12H,6-8H2,1H3. The zero-order chi connectivity index (χ0) is 27.9. The van der Waals surface area contributed by atoms with Gasteiger partial charge in [-0.2, -0.15) is 0 Å². The Kier molecular flexibility index (Phi) is 14.3. The van der Waals surface area contributed by atoms with Gasteiger partial charge in [0.15, 0.2) is 8.32 Å². The predicted molar refractivity (Wildman–Crippen MR) is 145 cm³/mol. The van der Waals surface area contributed by atoms with Gasteiger partial charge in [-0.05, 0) is 53.5 Å². The van der Waals surface area contributed by atoms with Gasteiger partial charge in [-0.3, -0.25) is 0 Å². The fourth-order valence-corrected chi connectivity index (χ4v) is 3.75. The number of aliphatic hydroxyl groups excluding tert-OH is 1. The van der Waals surface area contributed by atoms with Crippen LogP contribution in [0.15, 0.2) is 48.5 Å². The maximum absolute atomic E-state index is 11.3. The van der Waals surface area contributed by atoms with E-state index in [0.717, 1.165) is 11.1 Å². The van der Waals surface area contributed by atoms with Gasteiger partial charge in [-0.15, -0.1) is 0 Å². The van der Waals surface area contributed by atoms with Crippen LogP contribution < -0.4 is 0 Å². The molecule has 206 valence electrons. The molecule has 0 heterocycles. The maximum atomic E-state index is 11.3. The van der Waals surface area contributed by atoms with Crippen molar-refractivity contribution in [2.45, 2.75) is 52.1 Å². The van der Waals surface area contributed by atoms with Crippen molar-refractivity contribution in [1.29, 1.82) is 0 Å². The van der Waals surface area contributed by atoms with Crippen LogP contribution in [0.5, 0.6) is 0 Å². The van der Waals surface area contributed by atoms with Crippen LogP contribution in [-0.2, 0) is 36.6 Å². The summed E-state index contributed by atoms with van der Waals surface area (Å²) in [5, 5.41) is 8.73. The summed E-state index contributed by atoms with van der Waals surface area (Å²) in [6.07, 6.45) is 0. The van der Waals surface area contributed by atoms with E-state index in [2.05, 4.69) is 43.3 Å². The minimum Gasteiger partial charge on any atom is -0.465 e. The molecule has 2 rings (SSSR count). The second kappa shape index (κ2) is 16.3. The van der Waals surface area contributed by atoms with Crippen LogP contribution in [0.1, 0.15) is 52.6 Å². The maximum Gasteiger partial charge on any atom is 0.337 e. The van der Waals surface area contributed by atoms with Crippen molar-refractivity contribution in [2.24, 2.45) is 0 Å². The van der Waals surface area contributed by atoms with E-state index in [1.165, 1.54) is 14.2 Å². The number of methoxy groups -OCH3 is 2. The van der Waals surface area contributed by atoms with Gasteiger partial charge in [0, 0.05) is 0 Å². The number of carbonyl (C=O) groups is 2. The third-order valence-electron chi connectivity index (χ3n) is 6.02. The summed E-state index contributed by atoms with van der Waals surface area (Å²) in [5.74, 6) is -0.673. The van der Waals surface area contributed by atoms with Crippen LogP contribution in [0, 0.1) is 0 Å². The number of carbonyl (C=O) groups excluding carboxylic acids is 2. The number of benzene rings is 2. The first-order chi connectivity index (χ1) is 17.4. The van der Waals surface area contributed by atoms with Crippen molar-refractivity contribution < 1.29 is 38.1 Å². The molecule has 8 nitrogen and oxygen atoms in total. The molecule has 2 aromatic rings. The van der Waals surface area contributed by atoms with Crippen LogP contribution in [-0.4, -0.2) is 66.0 Å². The lowest BCUT2D eigenvalue weighted by Gasteiger charge is -2.36. The van der Waals surface area contributed by atoms with Crippen molar-refractivity contribution in [1.82, 2.24) is 0 Å². The molecule has 0 aliphatic carbocycles. The second-order valence-corrected chi connectivity index (χ2v) is 14.6. The zero-order valence-corrected chi connectivity index (χ0v) is 24.2. The van der Waals surface area contributed by atoms with Gasteiger partial charge >= 0.3 is 11.9 Å². The molecule has 0 unspecified atom stereocenters. The summed E-state index contributed by atoms with van der Waals surface area (Å²) in [4.78, 5) is 22.4. The van der Waals surface area contributed by atoms with E-state index in [0.29, 0.717) is 44.2 Å². The normalized spacial score (nSPS) is 11.4. The Labute approximate surface area is 222 Å². The molecule has 0 aliphatic rings. The molecular weight excluding hydrogens is 492 g/mol. The third-order valence-corrected chi connectivity index (χ3v) is 10.6. The van der Waals surface area contributed by atoms with Crippen molar-refractivity contribution in [3.63, 3.8) is 0 Å².